The van der Waals surface area contributed by atoms with Crippen LogP contribution in [0.2, 0.25) is 0 Å². The van der Waals surface area contributed by atoms with Gasteiger partial charge in [-0.1, -0.05) is 12.1 Å². The standard InChI is InChI=1S/C20H21FN6O2/c21-15-6-4-5-13-14-11-26(10-7-16(14)24-17(13)15)20-18(27(28)29)19(22-12-23-20)25-8-2-1-3-9-25/h4-6,12,24H,1-3,7-11H2. The van der Waals surface area contributed by atoms with Crippen molar-refractivity contribution in [3.05, 3.63) is 51.7 Å². The molecule has 0 aliphatic carbocycles. The lowest BCUT2D eigenvalue weighted by Crippen LogP contribution is -2.34. The van der Waals surface area contributed by atoms with Gasteiger partial charge in [0.25, 0.3) is 0 Å². The second-order valence-electron chi connectivity index (χ2n) is 7.59. The number of nitrogens with one attached hydrogen (secondary N) is 1. The number of H-pyrrole nitrogens is 1. The Balaban J connectivity index is 1.56. The second kappa shape index (κ2) is 6.98. The van der Waals surface area contributed by atoms with Gasteiger partial charge in [-0.25, -0.2) is 14.4 Å². The number of fused-ring (bicyclic) bond motifs is 3. The van der Waals surface area contributed by atoms with Crippen molar-refractivity contribution in [2.45, 2.75) is 32.2 Å². The van der Waals surface area contributed by atoms with Crippen LogP contribution in [-0.2, 0) is 13.0 Å². The number of aromatic amines is 1. The summed E-state index contributed by atoms with van der Waals surface area (Å²) in [6.07, 6.45) is 5.20. The van der Waals surface area contributed by atoms with Gasteiger partial charge in [0.15, 0.2) is 0 Å². The molecule has 29 heavy (non-hydrogen) atoms. The maximum Gasteiger partial charge on any atom is 0.353 e. The first kappa shape index (κ1) is 17.8. The first-order valence-corrected chi connectivity index (χ1v) is 9.90. The molecule has 3 aromatic rings. The Bertz CT molecular complexity index is 1090. The van der Waals surface area contributed by atoms with E-state index in [9.17, 15) is 14.5 Å². The van der Waals surface area contributed by atoms with Crippen molar-refractivity contribution in [2.24, 2.45) is 0 Å². The van der Waals surface area contributed by atoms with E-state index in [0.29, 0.717) is 36.7 Å². The van der Waals surface area contributed by atoms with Gasteiger partial charge in [0.05, 0.1) is 10.4 Å². The molecule has 1 aromatic carbocycles. The molecule has 0 radical (unpaired) electrons. The lowest BCUT2D eigenvalue weighted by Gasteiger charge is -2.30. The molecule has 9 heteroatoms. The quantitative estimate of drug-likeness (QED) is 0.538. The summed E-state index contributed by atoms with van der Waals surface area (Å²) in [6.45, 7) is 2.54. The Morgan fingerprint density at radius 2 is 1.83 bits per heavy atom. The summed E-state index contributed by atoms with van der Waals surface area (Å²) in [5, 5.41) is 12.8. The van der Waals surface area contributed by atoms with Crippen LogP contribution in [0.1, 0.15) is 30.5 Å². The molecule has 8 nitrogen and oxygen atoms in total. The maximum atomic E-state index is 14.2. The van der Waals surface area contributed by atoms with E-state index in [2.05, 4.69) is 15.0 Å². The number of nitrogens with zero attached hydrogens (tertiary/aromatic N) is 5. The SMILES string of the molecule is O=[N+]([O-])c1c(N2CCCCC2)ncnc1N1CCc2[nH]c3c(F)cccc3c2C1. The first-order chi connectivity index (χ1) is 14.1. The zero-order chi connectivity index (χ0) is 20.0. The number of hydrogen-bond donors (Lipinski definition) is 1. The summed E-state index contributed by atoms with van der Waals surface area (Å²) in [5.74, 6) is 0.446. The third kappa shape index (κ3) is 2.97. The third-order valence-corrected chi connectivity index (χ3v) is 5.88. The minimum atomic E-state index is -0.371. The molecule has 1 N–H and O–H groups in total. The number of hydrogen-bond acceptors (Lipinski definition) is 6. The number of aromatic nitrogens is 3. The van der Waals surface area contributed by atoms with Crippen molar-refractivity contribution >= 4 is 28.2 Å². The topological polar surface area (TPSA) is 91.2 Å². The highest BCUT2D eigenvalue weighted by Gasteiger charge is 2.33. The highest BCUT2D eigenvalue weighted by molar-refractivity contribution is 5.86. The Labute approximate surface area is 166 Å². The molecule has 1 fully saturated rings. The van der Waals surface area contributed by atoms with E-state index in [1.54, 1.807) is 6.07 Å². The van der Waals surface area contributed by atoms with Crippen LogP contribution in [0.4, 0.5) is 21.7 Å². The van der Waals surface area contributed by atoms with Crippen molar-refractivity contribution < 1.29 is 9.31 Å². The van der Waals surface area contributed by atoms with Crippen LogP contribution < -0.4 is 9.80 Å². The Morgan fingerprint density at radius 3 is 2.59 bits per heavy atom. The maximum absolute atomic E-state index is 14.2. The van der Waals surface area contributed by atoms with Gasteiger partial charge in [0, 0.05) is 49.2 Å². The van der Waals surface area contributed by atoms with Crippen LogP contribution >= 0.6 is 0 Å². The predicted octanol–water partition coefficient (Wildman–Crippen LogP) is 3.56. The number of para-hydroxylation sites is 1. The van der Waals surface area contributed by atoms with E-state index < -0.39 is 0 Å². The summed E-state index contributed by atoms with van der Waals surface area (Å²) in [5.41, 5.74) is 2.40. The van der Waals surface area contributed by atoms with Crippen molar-refractivity contribution in [3.63, 3.8) is 0 Å². The normalized spacial score (nSPS) is 16.9. The van der Waals surface area contributed by atoms with E-state index in [1.807, 2.05) is 15.9 Å². The molecule has 1 saturated heterocycles. The van der Waals surface area contributed by atoms with Crippen molar-refractivity contribution in [3.8, 4) is 0 Å². The summed E-state index contributed by atoms with van der Waals surface area (Å²) in [4.78, 5) is 27.3. The van der Waals surface area contributed by atoms with Gasteiger partial charge < -0.3 is 14.8 Å². The lowest BCUT2D eigenvalue weighted by molar-refractivity contribution is -0.383. The number of halogens is 1. The third-order valence-electron chi connectivity index (χ3n) is 5.88. The Kier molecular flexibility index (Phi) is 4.30. The zero-order valence-electron chi connectivity index (χ0n) is 15.9. The van der Waals surface area contributed by atoms with Gasteiger partial charge in [-0.3, -0.25) is 10.1 Å². The molecule has 2 aliphatic rings. The van der Waals surface area contributed by atoms with Crippen LogP contribution in [0, 0.1) is 15.9 Å². The second-order valence-corrected chi connectivity index (χ2v) is 7.59. The smallest absolute Gasteiger partial charge is 0.353 e. The minimum absolute atomic E-state index is 0.0381. The van der Waals surface area contributed by atoms with Gasteiger partial charge in [0.1, 0.15) is 12.1 Å². The van der Waals surface area contributed by atoms with Gasteiger partial charge >= 0.3 is 5.69 Å². The van der Waals surface area contributed by atoms with Crippen LogP contribution in [0.25, 0.3) is 10.9 Å². The molecule has 5 rings (SSSR count). The van der Waals surface area contributed by atoms with Crippen LogP contribution in [0.3, 0.4) is 0 Å². The lowest BCUT2D eigenvalue weighted by atomic mass is 10.0. The molecule has 4 heterocycles. The number of benzene rings is 1. The average Bonchev–Trinajstić information content (AvgIpc) is 3.13. The Hall–Kier alpha value is -3.23. The highest BCUT2D eigenvalue weighted by atomic mass is 19.1. The van der Waals surface area contributed by atoms with Gasteiger partial charge in [-0.15, -0.1) is 0 Å². The van der Waals surface area contributed by atoms with Crippen molar-refractivity contribution in [2.75, 3.05) is 29.4 Å². The van der Waals surface area contributed by atoms with E-state index >= 15 is 0 Å². The number of nitro groups is 1. The summed E-state index contributed by atoms with van der Waals surface area (Å²) >= 11 is 0. The van der Waals surface area contributed by atoms with Crippen LogP contribution in [0.15, 0.2) is 24.5 Å². The number of anilines is 2. The fraction of sp³-hybridized carbons (Fsp3) is 0.400. The molecule has 2 aromatic heterocycles. The molecular weight excluding hydrogens is 375 g/mol. The summed E-state index contributed by atoms with van der Waals surface area (Å²) in [6, 6.07) is 5.00. The Morgan fingerprint density at radius 1 is 1.07 bits per heavy atom. The van der Waals surface area contributed by atoms with Crippen LogP contribution in [0.5, 0.6) is 0 Å². The molecule has 0 bridgehead atoms. The molecule has 0 amide bonds. The van der Waals surface area contributed by atoms with Gasteiger partial charge in [0.2, 0.25) is 11.6 Å². The molecule has 0 spiro atoms. The van der Waals surface area contributed by atoms with Crippen molar-refractivity contribution in [1.82, 2.24) is 15.0 Å². The highest BCUT2D eigenvalue weighted by Crippen LogP contribution is 2.38. The van der Waals surface area contributed by atoms with E-state index in [4.69, 9.17) is 0 Å². The number of rotatable bonds is 3. The van der Waals surface area contributed by atoms with Crippen molar-refractivity contribution in [1.29, 1.82) is 0 Å². The van der Waals surface area contributed by atoms with E-state index in [0.717, 1.165) is 49.0 Å². The fourth-order valence-electron chi connectivity index (χ4n) is 4.48. The molecule has 0 unspecified atom stereocenters. The molecule has 150 valence electrons. The minimum Gasteiger partial charge on any atom is -0.356 e. The van der Waals surface area contributed by atoms with Crippen LogP contribution in [-0.4, -0.2) is 39.5 Å². The largest absolute Gasteiger partial charge is 0.356 e. The molecular formula is C20H21FN6O2. The monoisotopic (exact) mass is 396 g/mol. The molecule has 0 atom stereocenters. The van der Waals surface area contributed by atoms with Gasteiger partial charge in [-0.05, 0) is 25.3 Å². The van der Waals surface area contributed by atoms with Gasteiger partial charge in [-0.2, -0.15) is 0 Å². The first-order valence-electron chi connectivity index (χ1n) is 9.90. The fourth-order valence-corrected chi connectivity index (χ4v) is 4.48. The molecule has 0 saturated carbocycles. The van der Waals surface area contributed by atoms with E-state index in [1.165, 1.54) is 12.4 Å². The number of piperidine rings is 1. The van der Waals surface area contributed by atoms with E-state index in [-0.39, 0.29) is 16.4 Å². The summed E-state index contributed by atoms with van der Waals surface area (Å²) < 4.78 is 14.2. The molecule has 2 aliphatic heterocycles. The average molecular weight is 396 g/mol. The summed E-state index contributed by atoms with van der Waals surface area (Å²) in [7, 11) is 0. The predicted molar refractivity (Wildman–Crippen MR) is 108 cm³/mol. The zero-order valence-corrected chi connectivity index (χ0v) is 15.9.